The van der Waals surface area contributed by atoms with Gasteiger partial charge in [0, 0.05) is 5.71 Å². The van der Waals surface area contributed by atoms with Crippen LogP contribution in [0.3, 0.4) is 0 Å². The van der Waals surface area contributed by atoms with Crippen LogP contribution in [0, 0.1) is 5.92 Å². The van der Waals surface area contributed by atoms with E-state index >= 15 is 0 Å². The van der Waals surface area contributed by atoms with Crippen molar-refractivity contribution in [3.05, 3.63) is 48.0 Å². The first-order valence-electron chi connectivity index (χ1n) is 7.76. The summed E-state index contributed by atoms with van der Waals surface area (Å²) in [5.74, 6) is -1.37. The van der Waals surface area contributed by atoms with Gasteiger partial charge in [-0.15, -0.1) is 0 Å². The molecule has 0 spiro atoms. The van der Waals surface area contributed by atoms with E-state index in [2.05, 4.69) is 20.5 Å². The van der Waals surface area contributed by atoms with Crippen LogP contribution in [-0.2, 0) is 4.79 Å². The van der Waals surface area contributed by atoms with Crippen molar-refractivity contribution in [2.24, 2.45) is 10.9 Å². The molecule has 2 atom stereocenters. The quantitative estimate of drug-likeness (QED) is 0.800. The normalized spacial score (nSPS) is 19.8. The third-order valence-electron chi connectivity index (χ3n) is 4.43. The van der Waals surface area contributed by atoms with E-state index in [1.165, 1.54) is 4.68 Å². The number of carboxylic acids is 1. The van der Waals surface area contributed by atoms with Crippen LogP contribution in [0.15, 0.2) is 47.5 Å². The largest absolute Gasteiger partial charge is 0.481 e. The molecule has 1 aliphatic rings. The van der Waals surface area contributed by atoms with Crippen LogP contribution in [0.5, 0.6) is 0 Å². The second-order valence-corrected chi connectivity index (χ2v) is 5.71. The number of hydrogen-bond donors (Lipinski definition) is 1. The molecule has 0 aliphatic carbocycles. The summed E-state index contributed by atoms with van der Waals surface area (Å²) in [4.78, 5) is 16.4. The number of fused-ring (bicyclic) bond motifs is 2. The van der Waals surface area contributed by atoms with E-state index in [1.807, 2.05) is 49.4 Å². The fourth-order valence-electron chi connectivity index (χ4n) is 3.36. The lowest BCUT2D eigenvalue weighted by atomic mass is 9.85. The number of tetrazole rings is 1. The third kappa shape index (κ3) is 2.09. The van der Waals surface area contributed by atoms with Gasteiger partial charge in [-0.25, -0.2) is 9.67 Å². The molecular formula is C17H15N5O2. The summed E-state index contributed by atoms with van der Waals surface area (Å²) < 4.78 is 1.51. The van der Waals surface area contributed by atoms with E-state index in [9.17, 15) is 9.90 Å². The smallest absolute Gasteiger partial charge is 0.314 e. The summed E-state index contributed by atoms with van der Waals surface area (Å²) in [5, 5.41) is 23.5. The molecule has 1 N–H and O–H groups in total. The number of nitrogens with zero attached hydrogens (tertiary/aromatic N) is 5. The number of hydrogen-bond acceptors (Lipinski definition) is 5. The summed E-state index contributed by atoms with van der Waals surface area (Å²) in [6.07, 6.45) is 0.533. The maximum absolute atomic E-state index is 12.0. The molecule has 0 saturated carbocycles. The van der Waals surface area contributed by atoms with Crippen molar-refractivity contribution in [3.63, 3.8) is 0 Å². The molecule has 2 heterocycles. The van der Waals surface area contributed by atoms with Crippen molar-refractivity contribution >= 4 is 28.4 Å². The van der Waals surface area contributed by atoms with Crippen LogP contribution >= 0.6 is 0 Å². The molecular weight excluding hydrogens is 306 g/mol. The van der Waals surface area contributed by atoms with Gasteiger partial charge in [0.1, 0.15) is 12.0 Å². The maximum atomic E-state index is 12.0. The highest BCUT2D eigenvalue weighted by molar-refractivity contribution is 6.04. The SMILES string of the molecule is CCC1=Nc2nnnn2C(c2cccc3ccccc23)C1C(=O)O. The second kappa shape index (κ2) is 5.52. The van der Waals surface area contributed by atoms with Crippen LogP contribution in [-0.4, -0.2) is 37.0 Å². The minimum Gasteiger partial charge on any atom is -0.481 e. The van der Waals surface area contributed by atoms with Gasteiger partial charge in [-0.1, -0.05) is 54.5 Å². The molecule has 120 valence electrons. The van der Waals surface area contributed by atoms with Gasteiger partial charge in [-0.05, 0) is 33.2 Å². The molecule has 0 fully saturated rings. The van der Waals surface area contributed by atoms with E-state index in [-0.39, 0.29) is 0 Å². The van der Waals surface area contributed by atoms with E-state index < -0.39 is 17.9 Å². The molecule has 1 aliphatic heterocycles. The fraction of sp³-hybridized carbons (Fsp3) is 0.235. The molecule has 7 heteroatoms. The van der Waals surface area contributed by atoms with Gasteiger partial charge < -0.3 is 5.11 Å². The molecule has 0 saturated heterocycles. The zero-order valence-electron chi connectivity index (χ0n) is 13.0. The summed E-state index contributed by atoms with van der Waals surface area (Å²) >= 11 is 0. The Labute approximate surface area is 137 Å². The van der Waals surface area contributed by atoms with Crippen molar-refractivity contribution in [3.8, 4) is 0 Å². The molecule has 2 aromatic carbocycles. The Morgan fingerprint density at radius 2 is 2.00 bits per heavy atom. The summed E-state index contributed by atoms with van der Waals surface area (Å²) in [7, 11) is 0. The lowest BCUT2D eigenvalue weighted by Gasteiger charge is -2.29. The first-order valence-corrected chi connectivity index (χ1v) is 7.76. The van der Waals surface area contributed by atoms with Gasteiger partial charge in [0.25, 0.3) is 5.95 Å². The third-order valence-corrected chi connectivity index (χ3v) is 4.43. The van der Waals surface area contributed by atoms with Gasteiger partial charge in [-0.3, -0.25) is 4.79 Å². The zero-order valence-corrected chi connectivity index (χ0v) is 13.0. The molecule has 4 rings (SSSR count). The summed E-state index contributed by atoms with van der Waals surface area (Å²) in [6.45, 7) is 1.90. The number of aliphatic carboxylic acids is 1. The average molecular weight is 321 g/mol. The summed E-state index contributed by atoms with van der Waals surface area (Å²) in [5.41, 5.74) is 1.47. The van der Waals surface area contributed by atoms with Gasteiger partial charge in [0.05, 0.1) is 0 Å². The maximum Gasteiger partial charge on any atom is 0.314 e. The number of carboxylic acid groups (broad SMARTS) is 1. The fourth-order valence-corrected chi connectivity index (χ4v) is 3.36. The highest BCUT2D eigenvalue weighted by Gasteiger charge is 2.40. The minimum absolute atomic E-state index is 0.349. The van der Waals surface area contributed by atoms with E-state index in [1.54, 1.807) is 0 Å². The number of rotatable bonds is 3. The zero-order chi connectivity index (χ0) is 16.7. The van der Waals surface area contributed by atoms with Crippen molar-refractivity contribution in [2.75, 3.05) is 0 Å². The Morgan fingerprint density at radius 1 is 1.21 bits per heavy atom. The Hall–Kier alpha value is -3.09. The summed E-state index contributed by atoms with van der Waals surface area (Å²) in [6, 6.07) is 13.3. The monoisotopic (exact) mass is 321 g/mol. The van der Waals surface area contributed by atoms with Crippen LogP contribution in [0.2, 0.25) is 0 Å². The van der Waals surface area contributed by atoms with Crippen LogP contribution in [0.1, 0.15) is 24.9 Å². The Kier molecular flexibility index (Phi) is 3.34. The Bertz CT molecular complexity index is 957. The first kappa shape index (κ1) is 14.5. The highest BCUT2D eigenvalue weighted by atomic mass is 16.4. The van der Waals surface area contributed by atoms with Gasteiger partial charge >= 0.3 is 5.97 Å². The van der Waals surface area contributed by atoms with Crippen LogP contribution in [0.4, 0.5) is 5.95 Å². The van der Waals surface area contributed by atoms with Crippen LogP contribution in [0.25, 0.3) is 10.8 Å². The molecule has 0 bridgehead atoms. The molecule has 3 aromatic rings. The van der Waals surface area contributed by atoms with E-state index in [4.69, 9.17) is 0 Å². The number of benzene rings is 2. The van der Waals surface area contributed by atoms with Crippen LogP contribution < -0.4 is 0 Å². The first-order chi connectivity index (χ1) is 11.7. The Balaban J connectivity index is 2.00. The number of aromatic nitrogens is 4. The lowest BCUT2D eigenvalue weighted by molar-refractivity contribution is -0.140. The van der Waals surface area contributed by atoms with Crippen molar-refractivity contribution in [1.29, 1.82) is 0 Å². The molecule has 0 radical (unpaired) electrons. The molecule has 0 amide bonds. The number of carbonyl (C=O) groups is 1. The molecule has 2 unspecified atom stereocenters. The topological polar surface area (TPSA) is 93.3 Å². The second-order valence-electron chi connectivity index (χ2n) is 5.71. The molecule has 24 heavy (non-hydrogen) atoms. The minimum atomic E-state index is -0.922. The molecule has 7 nitrogen and oxygen atoms in total. The predicted octanol–water partition coefficient (Wildman–Crippen LogP) is 2.61. The van der Waals surface area contributed by atoms with E-state index in [0.717, 1.165) is 16.3 Å². The van der Waals surface area contributed by atoms with E-state index in [0.29, 0.717) is 18.1 Å². The van der Waals surface area contributed by atoms with Crippen molar-refractivity contribution in [1.82, 2.24) is 20.2 Å². The average Bonchev–Trinajstić information content (AvgIpc) is 3.07. The van der Waals surface area contributed by atoms with Gasteiger partial charge in [0.15, 0.2) is 0 Å². The van der Waals surface area contributed by atoms with Crippen molar-refractivity contribution < 1.29 is 9.90 Å². The van der Waals surface area contributed by atoms with Gasteiger partial charge in [0.2, 0.25) is 0 Å². The Morgan fingerprint density at radius 3 is 2.79 bits per heavy atom. The highest BCUT2D eigenvalue weighted by Crippen LogP contribution is 2.38. The predicted molar refractivity (Wildman–Crippen MR) is 88.4 cm³/mol. The lowest BCUT2D eigenvalue weighted by Crippen LogP contribution is -2.36. The molecule has 1 aromatic heterocycles. The van der Waals surface area contributed by atoms with Gasteiger partial charge in [-0.2, -0.15) is 0 Å². The number of aliphatic imine (C=N–C) groups is 1. The van der Waals surface area contributed by atoms with Crippen molar-refractivity contribution in [2.45, 2.75) is 19.4 Å². The standard InChI is InChI=1S/C17H15N5O2/c1-2-13-14(16(23)24)15(22-17(18-13)19-20-21-22)12-9-5-7-10-6-3-4-8-11(10)12/h3-9,14-15H,2H2,1H3,(H,23,24).